The van der Waals surface area contributed by atoms with Gasteiger partial charge in [-0.15, -0.1) is 0 Å². The van der Waals surface area contributed by atoms with Gasteiger partial charge in [-0.25, -0.2) is 13.1 Å². The number of sulfonamides is 1. The summed E-state index contributed by atoms with van der Waals surface area (Å²) in [5.41, 5.74) is 1.12. The fraction of sp³-hybridized carbons (Fsp3) is 0.615. The van der Waals surface area contributed by atoms with Crippen molar-refractivity contribution in [1.29, 1.82) is 0 Å². The first kappa shape index (κ1) is 17.0. The molecule has 0 fully saturated rings. The van der Waals surface area contributed by atoms with Gasteiger partial charge in [0, 0.05) is 32.1 Å². The van der Waals surface area contributed by atoms with Crippen LogP contribution in [0.15, 0.2) is 24.5 Å². The molecule has 7 heteroatoms. The van der Waals surface area contributed by atoms with E-state index in [9.17, 15) is 8.42 Å². The highest BCUT2D eigenvalue weighted by Gasteiger charge is 2.08. The maximum absolute atomic E-state index is 11.5. The number of nitrogens with zero attached hydrogens (tertiary/aromatic N) is 1. The molecule has 0 aromatic carbocycles. The largest absolute Gasteiger partial charge is 0.381 e. The summed E-state index contributed by atoms with van der Waals surface area (Å²) in [6.45, 7) is 4.55. The fourth-order valence-corrected chi connectivity index (χ4v) is 2.50. The molecule has 0 bridgehead atoms. The third kappa shape index (κ3) is 8.21. The minimum Gasteiger partial charge on any atom is -0.381 e. The molecule has 0 saturated carbocycles. The van der Waals surface area contributed by atoms with Crippen molar-refractivity contribution >= 4 is 10.0 Å². The lowest BCUT2D eigenvalue weighted by Crippen LogP contribution is -2.30. The zero-order valence-electron chi connectivity index (χ0n) is 11.8. The number of aromatic nitrogens is 1. The summed E-state index contributed by atoms with van der Waals surface area (Å²) in [6.07, 6.45) is 4.29. The van der Waals surface area contributed by atoms with Crippen LogP contribution in [0.1, 0.15) is 18.9 Å². The number of pyridine rings is 1. The van der Waals surface area contributed by atoms with Gasteiger partial charge in [0.2, 0.25) is 10.0 Å². The van der Waals surface area contributed by atoms with Gasteiger partial charge in [0.25, 0.3) is 0 Å². The van der Waals surface area contributed by atoms with Crippen LogP contribution in [0.5, 0.6) is 0 Å². The van der Waals surface area contributed by atoms with Crippen molar-refractivity contribution < 1.29 is 13.2 Å². The van der Waals surface area contributed by atoms with Crippen LogP contribution in [0.3, 0.4) is 0 Å². The summed E-state index contributed by atoms with van der Waals surface area (Å²) in [6, 6.07) is 3.89. The van der Waals surface area contributed by atoms with Crippen LogP contribution in [0.2, 0.25) is 0 Å². The van der Waals surface area contributed by atoms with Gasteiger partial charge in [0.15, 0.2) is 0 Å². The Balaban J connectivity index is 2.04. The third-order valence-electron chi connectivity index (χ3n) is 2.60. The van der Waals surface area contributed by atoms with Gasteiger partial charge in [-0.3, -0.25) is 4.98 Å². The SMILES string of the molecule is CCOCCS(=O)(=O)NCCCNCc1cccnc1. The van der Waals surface area contributed by atoms with Gasteiger partial charge in [-0.05, 0) is 31.5 Å². The lowest BCUT2D eigenvalue weighted by Gasteiger charge is -2.07. The van der Waals surface area contributed by atoms with E-state index in [1.807, 2.05) is 25.3 Å². The van der Waals surface area contributed by atoms with Gasteiger partial charge >= 0.3 is 0 Å². The highest BCUT2D eigenvalue weighted by atomic mass is 32.2. The molecule has 0 amide bonds. The number of hydrogen-bond donors (Lipinski definition) is 2. The Kier molecular flexibility index (Phi) is 8.36. The Morgan fingerprint density at radius 2 is 2.20 bits per heavy atom. The van der Waals surface area contributed by atoms with E-state index in [2.05, 4.69) is 15.0 Å². The number of hydrogen-bond acceptors (Lipinski definition) is 5. The van der Waals surface area contributed by atoms with Gasteiger partial charge in [-0.2, -0.15) is 0 Å². The molecule has 0 aliphatic heterocycles. The molecule has 114 valence electrons. The van der Waals surface area contributed by atoms with E-state index >= 15 is 0 Å². The molecule has 0 radical (unpaired) electrons. The molecule has 1 aromatic heterocycles. The summed E-state index contributed by atoms with van der Waals surface area (Å²) < 4.78 is 30.7. The molecule has 2 N–H and O–H groups in total. The molecule has 6 nitrogen and oxygen atoms in total. The van der Waals surface area contributed by atoms with E-state index in [-0.39, 0.29) is 12.4 Å². The minimum atomic E-state index is -3.21. The quantitative estimate of drug-likeness (QED) is 0.582. The van der Waals surface area contributed by atoms with Crippen LogP contribution in [-0.2, 0) is 21.3 Å². The standard InChI is InChI=1S/C13H23N3O3S/c1-2-19-9-10-20(17,18)16-8-4-7-15-12-13-5-3-6-14-11-13/h3,5-6,11,15-16H,2,4,7-10,12H2,1H3. The Labute approximate surface area is 121 Å². The van der Waals surface area contributed by atoms with E-state index in [0.717, 1.165) is 25.1 Å². The molecule has 0 aliphatic carbocycles. The minimum absolute atomic E-state index is 0.0178. The second kappa shape index (κ2) is 9.82. The van der Waals surface area contributed by atoms with Gasteiger partial charge in [-0.1, -0.05) is 6.07 Å². The third-order valence-corrected chi connectivity index (χ3v) is 3.95. The van der Waals surface area contributed by atoms with Crippen LogP contribution in [0, 0.1) is 0 Å². The summed E-state index contributed by atoms with van der Waals surface area (Å²) >= 11 is 0. The Morgan fingerprint density at radius 1 is 1.35 bits per heavy atom. The Morgan fingerprint density at radius 3 is 2.90 bits per heavy atom. The summed E-state index contributed by atoms with van der Waals surface area (Å²) in [5, 5.41) is 3.24. The number of rotatable bonds is 11. The maximum atomic E-state index is 11.5. The molecule has 0 aliphatic rings. The first-order valence-electron chi connectivity index (χ1n) is 6.79. The summed E-state index contributed by atoms with van der Waals surface area (Å²) in [4.78, 5) is 4.02. The monoisotopic (exact) mass is 301 g/mol. The van der Waals surface area contributed by atoms with E-state index in [1.54, 1.807) is 6.20 Å². The number of ether oxygens (including phenoxy) is 1. The van der Waals surface area contributed by atoms with Crippen molar-refractivity contribution in [2.75, 3.05) is 32.1 Å². The predicted molar refractivity (Wildman–Crippen MR) is 78.8 cm³/mol. The molecule has 1 rings (SSSR count). The average Bonchev–Trinajstić information content (AvgIpc) is 2.44. The smallest absolute Gasteiger partial charge is 0.213 e. The van der Waals surface area contributed by atoms with Crippen LogP contribution in [0.4, 0.5) is 0 Å². The fourth-order valence-electron chi connectivity index (χ4n) is 1.56. The molecule has 20 heavy (non-hydrogen) atoms. The number of nitrogens with one attached hydrogen (secondary N) is 2. The molecule has 1 heterocycles. The lowest BCUT2D eigenvalue weighted by molar-refractivity contribution is 0.163. The van der Waals surface area contributed by atoms with Crippen molar-refractivity contribution in [2.24, 2.45) is 0 Å². The molecule has 0 unspecified atom stereocenters. The highest BCUT2D eigenvalue weighted by molar-refractivity contribution is 7.89. The first-order valence-corrected chi connectivity index (χ1v) is 8.44. The van der Waals surface area contributed by atoms with Crippen molar-refractivity contribution in [3.63, 3.8) is 0 Å². The van der Waals surface area contributed by atoms with Crippen molar-refractivity contribution in [3.8, 4) is 0 Å². The normalized spacial score (nSPS) is 11.7. The van der Waals surface area contributed by atoms with E-state index in [1.165, 1.54) is 0 Å². The molecule has 0 atom stereocenters. The molecule has 0 spiro atoms. The van der Waals surface area contributed by atoms with E-state index in [0.29, 0.717) is 13.2 Å². The molecule has 0 saturated heterocycles. The van der Waals surface area contributed by atoms with Crippen LogP contribution in [-0.4, -0.2) is 45.5 Å². The highest BCUT2D eigenvalue weighted by Crippen LogP contribution is 1.94. The second-order valence-electron chi connectivity index (χ2n) is 4.30. The first-order chi connectivity index (χ1) is 9.64. The topological polar surface area (TPSA) is 80.3 Å². The van der Waals surface area contributed by atoms with E-state index < -0.39 is 10.0 Å². The van der Waals surface area contributed by atoms with Crippen molar-refractivity contribution in [3.05, 3.63) is 30.1 Å². The second-order valence-corrected chi connectivity index (χ2v) is 6.23. The molecule has 1 aromatic rings. The van der Waals surface area contributed by atoms with Gasteiger partial charge in [0.1, 0.15) is 0 Å². The van der Waals surface area contributed by atoms with Crippen molar-refractivity contribution in [1.82, 2.24) is 15.0 Å². The summed E-state index contributed by atoms with van der Waals surface area (Å²) in [7, 11) is -3.21. The van der Waals surface area contributed by atoms with Crippen molar-refractivity contribution in [2.45, 2.75) is 19.9 Å². The lowest BCUT2D eigenvalue weighted by atomic mass is 10.3. The maximum Gasteiger partial charge on any atom is 0.213 e. The molecular weight excluding hydrogens is 278 g/mol. The molecular formula is C13H23N3O3S. The zero-order chi connectivity index (χ0) is 14.7. The van der Waals surface area contributed by atoms with Gasteiger partial charge < -0.3 is 10.1 Å². The Hall–Kier alpha value is -1.02. The van der Waals surface area contributed by atoms with Crippen LogP contribution in [0.25, 0.3) is 0 Å². The predicted octanol–water partition coefficient (Wildman–Crippen LogP) is 0.517. The zero-order valence-corrected chi connectivity index (χ0v) is 12.7. The Bertz CT molecular complexity index is 451. The summed E-state index contributed by atoms with van der Waals surface area (Å²) in [5.74, 6) is 0.0178. The van der Waals surface area contributed by atoms with E-state index in [4.69, 9.17) is 4.74 Å². The van der Waals surface area contributed by atoms with Gasteiger partial charge in [0.05, 0.1) is 12.4 Å². The van der Waals surface area contributed by atoms with Crippen LogP contribution < -0.4 is 10.0 Å². The van der Waals surface area contributed by atoms with Crippen LogP contribution >= 0.6 is 0 Å². The average molecular weight is 301 g/mol.